The van der Waals surface area contributed by atoms with Crippen LogP contribution in [-0.4, -0.2) is 69.6 Å². The molecule has 1 aliphatic rings. The molecule has 1 fully saturated rings. The molecule has 0 spiro atoms. The van der Waals surface area contributed by atoms with Crippen LogP contribution >= 0.6 is 0 Å². The molecule has 12 nitrogen and oxygen atoms in total. The number of carbonyl (C=O) groups is 1. The summed E-state index contributed by atoms with van der Waals surface area (Å²) in [6.45, 7) is 6.81. The van der Waals surface area contributed by atoms with Crippen molar-refractivity contribution in [3.63, 3.8) is 0 Å². The molecule has 1 aromatic carbocycles. The van der Waals surface area contributed by atoms with Gasteiger partial charge in [0.05, 0.1) is 17.9 Å². The number of amides is 1. The Labute approximate surface area is 195 Å². The maximum atomic E-state index is 12.4. The average Bonchev–Trinajstić information content (AvgIpc) is 3.50. The molecule has 34 heavy (non-hydrogen) atoms. The maximum absolute atomic E-state index is 12.4. The van der Waals surface area contributed by atoms with E-state index in [0.29, 0.717) is 30.4 Å². The highest BCUT2D eigenvalue weighted by Gasteiger charge is 2.29. The number of benzene rings is 1. The summed E-state index contributed by atoms with van der Waals surface area (Å²) in [5, 5.41) is 16.4. The first-order chi connectivity index (χ1) is 16.4. The Kier molecular flexibility index (Phi) is 5.56. The number of ether oxygens (including phenoxy) is 2. The molecule has 12 heteroatoms. The van der Waals surface area contributed by atoms with E-state index < -0.39 is 5.60 Å². The second-order valence-corrected chi connectivity index (χ2v) is 9.05. The third-order valence-corrected chi connectivity index (χ3v) is 5.48. The Hall–Kier alpha value is -4.09. The molecule has 0 bridgehead atoms. The number of likely N-dealkylation sites (tertiary alicyclic amines) is 1. The second kappa shape index (κ2) is 8.69. The van der Waals surface area contributed by atoms with Crippen LogP contribution in [0.4, 0.5) is 4.79 Å². The summed E-state index contributed by atoms with van der Waals surface area (Å²) in [6, 6.07) is 7.47. The van der Waals surface area contributed by atoms with Gasteiger partial charge in [-0.25, -0.2) is 24.1 Å². The zero-order valence-electron chi connectivity index (χ0n) is 19.2. The number of piperidine rings is 1. The fourth-order valence-electron chi connectivity index (χ4n) is 3.87. The Morgan fingerprint density at radius 2 is 1.85 bits per heavy atom. The van der Waals surface area contributed by atoms with Crippen LogP contribution in [0.15, 0.2) is 43.1 Å². The van der Waals surface area contributed by atoms with Crippen molar-refractivity contribution in [3.8, 4) is 17.3 Å². The minimum absolute atomic E-state index is 0.120. The lowest BCUT2D eigenvalue weighted by Gasteiger charge is -2.33. The number of nitrogens with zero attached hydrogens (tertiary/aromatic N) is 9. The molecule has 4 heterocycles. The molecule has 0 N–H and O–H groups in total. The fourth-order valence-corrected chi connectivity index (χ4v) is 3.87. The Bertz CT molecular complexity index is 1270. The molecule has 0 unspecified atom stereocenters. The van der Waals surface area contributed by atoms with Crippen molar-refractivity contribution in [1.29, 1.82) is 0 Å². The molecule has 1 saturated heterocycles. The molecular formula is C22H25N9O3. The molecule has 0 atom stereocenters. The van der Waals surface area contributed by atoms with Gasteiger partial charge in [0.25, 0.3) is 0 Å². The summed E-state index contributed by atoms with van der Waals surface area (Å²) in [5.74, 6) is 1.05. The van der Waals surface area contributed by atoms with Crippen LogP contribution in [0.3, 0.4) is 0 Å². The quantitative estimate of drug-likeness (QED) is 0.448. The monoisotopic (exact) mass is 463 g/mol. The van der Waals surface area contributed by atoms with E-state index in [0.717, 1.165) is 23.9 Å². The number of carbonyl (C=O) groups excluding carboxylic acids is 1. The molecule has 0 aliphatic carbocycles. The third kappa shape index (κ3) is 4.51. The number of fused-ring (bicyclic) bond motifs is 1. The number of hydrogen-bond acceptors (Lipinski definition) is 9. The standard InChI is InChI=1S/C22H25N9O3/c1-22(2,3)34-21(32)29-10-8-16(9-11-29)31-19-18(12-26-31)20(24-13-23-19)33-17-6-4-15(5-7-17)30-14-25-27-28-30/h4-7,12-14,16H,8-11H2,1-3H3. The zero-order chi connectivity index (χ0) is 23.7. The third-order valence-electron chi connectivity index (χ3n) is 5.48. The number of rotatable bonds is 4. The molecule has 3 aromatic heterocycles. The highest BCUT2D eigenvalue weighted by Crippen LogP contribution is 2.31. The van der Waals surface area contributed by atoms with E-state index in [2.05, 4.69) is 30.6 Å². The second-order valence-electron chi connectivity index (χ2n) is 9.05. The Morgan fingerprint density at radius 3 is 2.53 bits per heavy atom. The van der Waals surface area contributed by atoms with Gasteiger partial charge in [-0.3, -0.25) is 0 Å². The summed E-state index contributed by atoms with van der Waals surface area (Å²) in [4.78, 5) is 22.9. The highest BCUT2D eigenvalue weighted by atomic mass is 16.6. The van der Waals surface area contributed by atoms with Gasteiger partial charge in [0.15, 0.2) is 5.65 Å². The van der Waals surface area contributed by atoms with Gasteiger partial charge in [-0.2, -0.15) is 5.10 Å². The predicted octanol–water partition coefficient (Wildman–Crippen LogP) is 3.17. The van der Waals surface area contributed by atoms with Gasteiger partial charge in [-0.1, -0.05) is 0 Å². The van der Waals surface area contributed by atoms with Gasteiger partial charge < -0.3 is 14.4 Å². The van der Waals surface area contributed by atoms with Crippen molar-refractivity contribution < 1.29 is 14.3 Å². The van der Waals surface area contributed by atoms with Crippen LogP contribution in [-0.2, 0) is 4.74 Å². The largest absolute Gasteiger partial charge is 0.444 e. The SMILES string of the molecule is CC(C)(C)OC(=O)N1CCC(n2ncc3c(Oc4ccc(-n5cnnn5)cc4)ncnc32)CC1. The van der Waals surface area contributed by atoms with Crippen LogP contribution < -0.4 is 4.74 Å². The molecule has 0 saturated carbocycles. The Morgan fingerprint density at radius 1 is 1.09 bits per heavy atom. The van der Waals surface area contributed by atoms with Crippen molar-refractivity contribution in [2.45, 2.75) is 45.3 Å². The molecule has 1 amide bonds. The van der Waals surface area contributed by atoms with Gasteiger partial charge in [0.1, 0.15) is 29.4 Å². The lowest BCUT2D eigenvalue weighted by atomic mass is 10.1. The molecule has 1 aliphatic heterocycles. The normalized spacial score (nSPS) is 15.0. The first kappa shape index (κ1) is 21.7. The average molecular weight is 464 g/mol. The smallest absolute Gasteiger partial charge is 0.410 e. The maximum Gasteiger partial charge on any atom is 0.410 e. The molecular weight excluding hydrogens is 438 g/mol. The summed E-state index contributed by atoms with van der Waals surface area (Å²) in [7, 11) is 0. The molecule has 5 rings (SSSR count). The van der Waals surface area contributed by atoms with Gasteiger partial charge in [-0.05, 0) is 68.3 Å². The fraction of sp³-hybridized carbons (Fsp3) is 0.409. The minimum atomic E-state index is -0.507. The number of tetrazole rings is 1. The van der Waals surface area contributed by atoms with E-state index in [4.69, 9.17) is 9.47 Å². The van der Waals surface area contributed by atoms with Crippen molar-refractivity contribution in [2.75, 3.05) is 13.1 Å². The van der Waals surface area contributed by atoms with Gasteiger partial charge in [-0.15, -0.1) is 5.10 Å². The first-order valence-electron chi connectivity index (χ1n) is 11.0. The summed E-state index contributed by atoms with van der Waals surface area (Å²) >= 11 is 0. The van der Waals surface area contributed by atoms with Crippen molar-refractivity contribution >= 4 is 17.1 Å². The highest BCUT2D eigenvalue weighted by molar-refractivity contribution is 5.80. The zero-order valence-corrected chi connectivity index (χ0v) is 19.2. The van der Waals surface area contributed by atoms with Gasteiger partial charge in [0.2, 0.25) is 5.88 Å². The number of hydrogen-bond donors (Lipinski definition) is 0. The van der Waals surface area contributed by atoms with E-state index in [1.807, 2.05) is 49.7 Å². The minimum Gasteiger partial charge on any atom is -0.444 e. The summed E-state index contributed by atoms with van der Waals surface area (Å²) in [5.41, 5.74) is 1.01. The molecule has 4 aromatic rings. The summed E-state index contributed by atoms with van der Waals surface area (Å²) < 4.78 is 15.0. The summed E-state index contributed by atoms with van der Waals surface area (Å²) in [6.07, 6.45) is 5.96. The van der Waals surface area contributed by atoms with E-state index in [1.165, 1.54) is 12.7 Å². The van der Waals surface area contributed by atoms with Crippen LogP contribution in [0.1, 0.15) is 39.7 Å². The van der Waals surface area contributed by atoms with Gasteiger partial charge >= 0.3 is 6.09 Å². The first-order valence-corrected chi connectivity index (χ1v) is 11.0. The number of aromatic nitrogens is 8. The molecule has 0 radical (unpaired) electrons. The lowest BCUT2D eigenvalue weighted by Crippen LogP contribution is -2.42. The van der Waals surface area contributed by atoms with E-state index in [1.54, 1.807) is 15.8 Å². The van der Waals surface area contributed by atoms with Crippen molar-refractivity contribution in [1.82, 2.24) is 44.9 Å². The van der Waals surface area contributed by atoms with Crippen LogP contribution in [0, 0.1) is 0 Å². The van der Waals surface area contributed by atoms with Crippen molar-refractivity contribution in [3.05, 3.63) is 43.1 Å². The van der Waals surface area contributed by atoms with Crippen LogP contribution in [0.2, 0.25) is 0 Å². The Balaban J connectivity index is 1.29. The van der Waals surface area contributed by atoms with E-state index in [9.17, 15) is 4.79 Å². The topological polar surface area (TPSA) is 126 Å². The molecule has 176 valence electrons. The van der Waals surface area contributed by atoms with E-state index >= 15 is 0 Å². The van der Waals surface area contributed by atoms with Crippen molar-refractivity contribution in [2.24, 2.45) is 0 Å². The van der Waals surface area contributed by atoms with Crippen LogP contribution in [0.25, 0.3) is 16.7 Å². The van der Waals surface area contributed by atoms with Gasteiger partial charge in [0, 0.05) is 13.1 Å². The lowest BCUT2D eigenvalue weighted by molar-refractivity contribution is 0.0186. The van der Waals surface area contributed by atoms with E-state index in [-0.39, 0.29) is 12.1 Å². The predicted molar refractivity (Wildman–Crippen MR) is 121 cm³/mol. The van der Waals surface area contributed by atoms with Crippen LogP contribution in [0.5, 0.6) is 11.6 Å².